The maximum atomic E-state index is 4.15. The first kappa shape index (κ1) is 13.7. The largest absolute Gasteiger partial charge is 0.311 e. The number of hydrogen-bond acceptors (Lipinski definition) is 3. The van der Waals surface area contributed by atoms with Gasteiger partial charge >= 0.3 is 0 Å². The van der Waals surface area contributed by atoms with Crippen LogP contribution in [0.5, 0.6) is 0 Å². The molecule has 0 aliphatic heterocycles. The van der Waals surface area contributed by atoms with Crippen LogP contribution in [0.3, 0.4) is 0 Å². The summed E-state index contributed by atoms with van der Waals surface area (Å²) in [7, 11) is 1.98. The van der Waals surface area contributed by atoms with Gasteiger partial charge in [0.25, 0.3) is 0 Å². The van der Waals surface area contributed by atoms with Crippen LogP contribution in [0.2, 0.25) is 0 Å². The molecule has 4 nitrogen and oxygen atoms in total. The fourth-order valence-electron chi connectivity index (χ4n) is 2.23. The number of nitrogens with one attached hydrogen (secondary N) is 1. The van der Waals surface area contributed by atoms with Crippen LogP contribution in [0.1, 0.15) is 31.0 Å². The van der Waals surface area contributed by atoms with Crippen LogP contribution < -0.4 is 5.32 Å². The van der Waals surface area contributed by atoms with E-state index in [-0.39, 0.29) is 6.04 Å². The first-order valence-corrected chi connectivity index (χ1v) is 6.77. The van der Waals surface area contributed by atoms with Gasteiger partial charge in [-0.3, -0.25) is 4.68 Å². The van der Waals surface area contributed by atoms with Crippen molar-refractivity contribution in [2.45, 2.75) is 32.9 Å². The van der Waals surface area contributed by atoms with E-state index in [0.717, 1.165) is 13.0 Å². The third-order valence-electron chi connectivity index (χ3n) is 3.21. The van der Waals surface area contributed by atoms with E-state index in [9.17, 15) is 0 Å². The minimum Gasteiger partial charge on any atom is -0.311 e. The lowest BCUT2D eigenvalue weighted by Gasteiger charge is -2.17. The van der Waals surface area contributed by atoms with Crippen LogP contribution in [0.4, 0.5) is 0 Å². The Bertz CT molecular complexity index is 473. The van der Waals surface area contributed by atoms with E-state index < -0.39 is 0 Å². The highest BCUT2D eigenvalue weighted by Gasteiger charge is 2.10. The van der Waals surface area contributed by atoms with Gasteiger partial charge < -0.3 is 5.32 Å². The van der Waals surface area contributed by atoms with Crippen LogP contribution in [0, 0.1) is 5.92 Å². The lowest BCUT2D eigenvalue weighted by molar-refractivity contribution is 0.467. The van der Waals surface area contributed by atoms with Crippen molar-refractivity contribution in [2.75, 3.05) is 7.05 Å². The van der Waals surface area contributed by atoms with Crippen molar-refractivity contribution in [1.82, 2.24) is 20.1 Å². The molecule has 1 N–H and O–H groups in total. The number of nitrogens with zero attached hydrogens (tertiary/aromatic N) is 3. The van der Waals surface area contributed by atoms with Crippen molar-refractivity contribution < 1.29 is 0 Å². The Balaban J connectivity index is 2.06. The molecule has 1 heterocycles. The van der Waals surface area contributed by atoms with Gasteiger partial charge in [0, 0.05) is 0 Å². The second kappa shape index (κ2) is 6.48. The van der Waals surface area contributed by atoms with Crippen molar-refractivity contribution in [1.29, 1.82) is 0 Å². The van der Waals surface area contributed by atoms with E-state index in [0.29, 0.717) is 5.92 Å². The minimum absolute atomic E-state index is 0.259. The number of aromatic nitrogens is 3. The van der Waals surface area contributed by atoms with E-state index in [4.69, 9.17) is 0 Å². The van der Waals surface area contributed by atoms with Crippen LogP contribution in [0.25, 0.3) is 0 Å². The number of benzene rings is 1. The summed E-state index contributed by atoms with van der Waals surface area (Å²) < 4.78 is 1.85. The van der Waals surface area contributed by atoms with Gasteiger partial charge in [-0.1, -0.05) is 38.1 Å². The summed E-state index contributed by atoms with van der Waals surface area (Å²) in [6.07, 6.45) is 4.45. The molecule has 0 amide bonds. The van der Waals surface area contributed by atoms with Crippen LogP contribution in [0.15, 0.2) is 36.9 Å². The van der Waals surface area contributed by atoms with Gasteiger partial charge in [0.2, 0.25) is 0 Å². The zero-order valence-corrected chi connectivity index (χ0v) is 11.9. The normalized spacial score (nSPS) is 12.8. The van der Waals surface area contributed by atoms with E-state index in [1.165, 1.54) is 11.1 Å². The van der Waals surface area contributed by atoms with E-state index in [2.05, 4.69) is 53.5 Å². The van der Waals surface area contributed by atoms with E-state index in [1.807, 2.05) is 11.7 Å². The Labute approximate surface area is 114 Å². The van der Waals surface area contributed by atoms with Crippen molar-refractivity contribution in [3.8, 4) is 0 Å². The maximum absolute atomic E-state index is 4.15. The highest BCUT2D eigenvalue weighted by Crippen LogP contribution is 2.17. The Hall–Kier alpha value is -1.68. The standard InChI is InChI=1S/C15H22N4/c1-12(2)8-13-4-6-14(7-5-13)15(16-3)9-19-11-17-10-18-19/h4-7,10-12,15-16H,8-9H2,1-3H3. The summed E-state index contributed by atoms with van der Waals surface area (Å²) >= 11 is 0. The molecule has 4 heteroatoms. The van der Waals surface area contributed by atoms with Gasteiger partial charge in [-0.15, -0.1) is 0 Å². The van der Waals surface area contributed by atoms with Gasteiger partial charge in [0.05, 0.1) is 12.6 Å². The average molecular weight is 258 g/mol. The van der Waals surface area contributed by atoms with Gasteiger partial charge in [-0.25, -0.2) is 4.98 Å². The maximum Gasteiger partial charge on any atom is 0.137 e. The van der Waals surface area contributed by atoms with Crippen molar-refractivity contribution in [2.24, 2.45) is 5.92 Å². The second-order valence-corrected chi connectivity index (χ2v) is 5.30. The lowest BCUT2D eigenvalue weighted by Crippen LogP contribution is -2.22. The molecule has 0 saturated carbocycles. The molecular formula is C15H22N4. The topological polar surface area (TPSA) is 42.7 Å². The Morgan fingerprint density at radius 2 is 1.95 bits per heavy atom. The molecule has 0 aliphatic rings. The minimum atomic E-state index is 0.259. The second-order valence-electron chi connectivity index (χ2n) is 5.30. The summed E-state index contributed by atoms with van der Waals surface area (Å²) in [5.74, 6) is 0.695. The number of likely N-dealkylation sites (N-methyl/N-ethyl adjacent to an activating group) is 1. The molecule has 19 heavy (non-hydrogen) atoms. The molecule has 1 aromatic heterocycles. The summed E-state index contributed by atoms with van der Waals surface area (Å²) in [5, 5.41) is 7.48. The smallest absolute Gasteiger partial charge is 0.137 e. The SMILES string of the molecule is CNC(Cn1cncn1)c1ccc(CC(C)C)cc1. The molecule has 1 aromatic carbocycles. The number of hydrogen-bond donors (Lipinski definition) is 1. The van der Waals surface area contributed by atoms with Gasteiger partial charge in [0.15, 0.2) is 0 Å². The van der Waals surface area contributed by atoms with E-state index in [1.54, 1.807) is 12.7 Å². The third-order valence-corrected chi connectivity index (χ3v) is 3.21. The highest BCUT2D eigenvalue weighted by molar-refractivity contribution is 5.25. The van der Waals surface area contributed by atoms with Crippen LogP contribution >= 0.6 is 0 Å². The molecule has 0 saturated heterocycles. The van der Waals surface area contributed by atoms with Crippen LogP contribution in [-0.4, -0.2) is 21.8 Å². The molecule has 1 atom stereocenters. The lowest BCUT2D eigenvalue weighted by atomic mass is 9.99. The molecule has 1 unspecified atom stereocenters. The predicted octanol–water partition coefficient (Wildman–Crippen LogP) is 2.44. The van der Waals surface area contributed by atoms with Gasteiger partial charge in [-0.05, 0) is 30.5 Å². The zero-order valence-electron chi connectivity index (χ0n) is 11.9. The fraction of sp³-hybridized carbons (Fsp3) is 0.467. The third kappa shape index (κ3) is 3.89. The first-order chi connectivity index (χ1) is 9.19. The van der Waals surface area contributed by atoms with Crippen molar-refractivity contribution in [3.05, 3.63) is 48.0 Å². The highest BCUT2D eigenvalue weighted by atomic mass is 15.3. The molecule has 0 fully saturated rings. The summed E-state index contributed by atoms with van der Waals surface area (Å²) in [5.41, 5.74) is 2.68. The Morgan fingerprint density at radius 1 is 1.21 bits per heavy atom. The molecule has 2 aromatic rings. The van der Waals surface area contributed by atoms with Crippen molar-refractivity contribution in [3.63, 3.8) is 0 Å². The molecule has 0 radical (unpaired) electrons. The Morgan fingerprint density at radius 3 is 2.47 bits per heavy atom. The van der Waals surface area contributed by atoms with E-state index >= 15 is 0 Å². The molecular weight excluding hydrogens is 236 g/mol. The zero-order chi connectivity index (χ0) is 13.7. The summed E-state index contributed by atoms with van der Waals surface area (Å²) in [4.78, 5) is 3.97. The van der Waals surface area contributed by atoms with Gasteiger partial charge in [0.1, 0.15) is 12.7 Å². The Kier molecular flexibility index (Phi) is 4.68. The first-order valence-electron chi connectivity index (χ1n) is 6.77. The quantitative estimate of drug-likeness (QED) is 0.865. The molecule has 0 spiro atoms. The summed E-state index contributed by atoms with van der Waals surface area (Å²) in [6, 6.07) is 9.11. The number of rotatable bonds is 6. The monoisotopic (exact) mass is 258 g/mol. The summed E-state index contributed by atoms with van der Waals surface area (Å²) in [6.45, 7) is 5.28. The molecule has 0 aliphatic carbocycles. The average Bonchev–Trinajstić information content (AvgIpc) is 2.89. The van der Waals surface area contributed by atoms with Crippen molar-refractivity contribution >= 4 is 0 Å². The fourth-order valence-corrected chi connectivity index (χ4v) is 2.23. The van der Waals surface area contributed by atoms with Gasteiger partial charge in [-0.2, -0.15) is 5.10 Å². The molecule has 2 rings (SSSR count). The van der Waals surface area contributed by atoms with Crippen LogP contribution in [-0.2, 0) is 13.0 Å². The molecule has 102 valence electrons. The molecule has 0 bridgehead atoms. The predicted molar refractivity (Wildman–Crippen MR) is 76.8 cm³/mol.